The second kappa shape index (κ2) is 10.2. The van der Waals surface area contributed by atoms with Gasteiger partial charge in [-0.15, -0.1) is 0 Å². The zero-order chi connectivity index (χ0) is 25.9. The van der Waals surface area contributed by atoms with Gasteiger partial charge in [0.25, 0.3) is 16.8 Å². The van der Waals surface area contributed by atoms with E-state index in [1.54, 1.807) is 18.2 Å². The van der Waals surface area contributed by atoms with Crippen LogP contribution in [0.5, 0.6) is 11.5 Å². The third-order valence-corrected chi connectivity index (χ3v) is 7.27. The summed E-state index contributed by atoms with van der Waals surface area (Å²) in [6.45, 7) is -0.248. The molecule has 1 heterocycles. The lowest BCUT2D eigenvalue weighted by molar-refractivity contribution is -0.385. The summed E-state index contributed by atoms with van der Waals surface area (Å²) in [4.78, 5) is 37.0. The van der Waals surface area contributed by atoms with Gasteiger partial charge in [0.15, 0.2) is 0 Å². The van der Waals surface area contributed by atoms with Crippen LogP contribution in [0.4, 0.5) is 10.5 Å². The molecule has 1 aliphatic heterocycles. The highest BCUT2D eigenvalue weighted by Gasteiger charge is 2.36. The summed E-state index contributed by atoms with van der Waals surface area (Å²) in [6, 6.07) is 17.6. The van der Waals surface area contributed by atoms with Crippen molar-refractivity contribution in [3.8, 4) is 11.5 Å². The number of nitrogens with zero attached hydrogens (tertiary/aromatic N) is 2. The van der Waals surface area contributed by atoms with Gasteiger partial charge >= 0.3 is 10.1 Å². The van der Waals surface area contributed by atoms with E-state index < -0.39 is 26.2 Å². The lowest BCUT2D eigenvalue weighted by atomic mass is 10.1. The zero-order valence-electron chi connectivity index (χ0n) is 18.7. The minimum atomic E-state index is -4.12. The summed E-state index contributed by atoms with van der Waals surface area (Å²) < 4.78 is 35.5. The molecule has 0 spiro atoms. The van der Waals surface area contributed by atoms with Crippen LogP contribution in [0.1, 0.15) is 11.1 Å². The topological polar surface area (TPSA) is 133 Å². The Morgan fingerprint density at radius 3 is 2.42 bits per heavy atom. The average molecular weight is 527 g/mol. The molecule has 0 unspecified atom stereocenters. The summed E-state index contributed by atoms with van der Waals surface area (Å²) in [5.74, 6) is -0.106. The van der Waals surface area contributed by atoms with Gasteiger partial charge in [0.1, 0.15) is 16.4 Å². The molecule has 1 fully saturated rings. The number of carbonyl (C=O) groups excluding carboxylic acids is 2. The highest BCUT2D eigenvalue weighted by Crippen LogP contribution is 2.35. The van der Waals surface area contributed by atoms with E-state index in [1.165, 1.54) is 67.8 Å². The number of hydrogen-bond acceptors (Lipinski definition) is 9. The van der Waals surface area contributed by atoms with E-state index in [1.807, 2.05) is 0 Å². The van der Waals surface area contributed by atoms with Gasteiger partial charge in [0, 0.05) is 11.6 Å². The molecular formula is C24H18N2O8S2. The molecule has 1 saturated heterocycles. The van der Waals surface area contributed by atoms with E-state index in [2.05, 4.69) is 0 Å². The highest BCUT2D eigenvalue weighted by molar-refractivity contribution is 8.18. The SMILES string of the molecule is COc1ccc(S(=O)(=O)Oc2cccc(/C=C3\SC(=O)N(Cc4ccccc4[N+](=O)[O-])C3=O)c2)cc1. The fraction of sp³-hybridized carbons (Fsp3) is 0.0833. The summed E-state index contributed by atoms with van der Waals surface area (Å²) in [7, 11) is -2.66. The molecule has 0 aliphatic carbocycles. The van der Waals surface area contributed by atoms with Gasteiger partial charge in [0.2, 0.25) is 0 Å². The second-order valence-electron chi connectivity index (χ2n) is 7.44. The number of hydrogen-bond donors (Lipinski definition) is 0. The number of methoxy groups -OCH3 is 1. The molecule has 2 amide bonds. The molecular weight excluding hydrogens is 508 g/mol. The third-order valence-electron chi connectivity index (χ3n) is 5.10. The van der Waals surface area contributed by atoms with E-state index in [0.717, 1.165) is 4.90 Å². The fourth-order valence-corrected chi connectivity index (χ4v) is 5.11. The Balaban J connectivity index is 1.53. The Hall–Kier alpha value is -4.16. The maximum Gasteiger partial charge on any atom is 0.339 e. The third kappa shape index (κ3) is 5.39. The first-order valence-corrected chi connectivity index (χ1v) is 12.6. The standard InChI is InChI=1S/C24H18N2O8S2/c1-33-18-9-11-20(12-10-18)36(31,32)34-19-7-4-5-16(13-19)14-22-23(27)25(24(28)35-22)15-17-6-2-3-8-21(17)26(29)30/h2-14H,15H2,1H3/b22-14-. The highest BCUT2D eigenvalue weighted by atomic mass is 32.2. The maximum absolute atomic E-state index is 12.9. The molecule has 184 valence electrons. The number of benzene rings is 3. The largest absolute Gasteiger partial charge is 0.497 e. The van der Waals surface area contributed by atoms with Gasteiger partial charge in [-0.3, -0.25) is 24.6 Å². The number of carbonyl (C=O) groups is 2. The van der Waals surface area contributed by atoms with Gasteiger partial charge in [-0.05, 0) is 59.8 Å². The van der Waals surface area contributed by atoms with Crippen molar-refractivity contribution in [3.05, 3.63) is 98.9 Å². The molecule has 0 radical (unpaired) electrons. The molecule has 4 rings (SSSR count). The van der Waals surface area contributed by atoms with Crippen LogP contribution in [-0.4, -0.2) is 36.5 Å². The number of ether oxygens (including phenoxy) is 1. The van der Waals surface area contributed by atoms with Crippen molar-refractivity contribution in [2.75, 3.05) is 7.11 Å². The lowest BCUT2D eigenvalue weighted by Crippen LogP contribution is -2.27. The number of para-hydroxylation sites is 1. The molecule has 3 aromatic carbocycles. The molecule has 10 nitrogen and oxygen atoms in total. The van der Waals surface area contributed by atoms with Crippen LogP contribution >= 0.6 is 11.8 Å². The second-order valence-corrected chi connectivity index (χ2v) is 9.98. The lowest BCUT2D eigenvalue weighted by Gasteiger charge is -2.12. The number of rotatable bonds is 8. The number of thioether (sulfide) groups is 1. The maximum atomic E-state index is 12.9. The van der Waals surface area contributed by atoms with Crippen LogP contribution in [0.3, 0.4) is 0 Å². The Bertz CT molecular complexity index is 1480. The molecule has 36 heavy (non-hydrogen) atoms. The Labute approximate surface area is 210 Å². The fourth-order valence-electron chi connectivity index (χ4n) is 3.35. The predicted octanol–water partition coefficient (Wildman–Crippen LogP) is 4.61. The van der Waals surface area contributed by atoms with Gasteiger partial charge in [-0.1, -0.05) is 30.3 Å². The number of nitro benzene ring substituents is 1. The predicted molar refractivity (Wildman–Crippen MR) is 132 cm³/mol. The van der Waals surface area contributed by atoms with Gasteiger partial charge in [-0.2, -0.15) is 8.42 Å². The Kier molecular flexibility index (Phi) is 7.08. The normalized spacial score (nSPS) is 14.8. The van der Waals surface area contributed by atoms with Crippen molar-refractivity contribution in [1.82, 2.24) is 4.90 Å². The summed E-state index contributed by atoms with van der Waals surface area (Å²) >= 11 is 0.687. The van der Waals surface area contributed by atoms with Crippen LogP contribution in [-0.2, 0) is 21.5 Å². The van der Waals surface area contributed by atoms with Crippen molar-refractivity contribution in [1.29, 1.82) is 0 Å². The monoisotopic (exact) mass is 526 g/mol. The number of imide groups is 1. The Morgan fingerprint density at radius 2 is 1.72 bits per heavy atom. The van der Waals surface area contributed by atoms with Crippen molar-refractivity contribution in [2.24, 2.45) is 0 Å². The van der Waals surface area contributed by atoms with E-state index in [0.29, 0.717) is 23.1 Å². The van der Waals surface area contributed by atoms with E-state index in [-0.39, 0.29) is 33.3 Å². The molecule has 3 aromatic rings. The molecule has 0 saturated carbocycles. The van der Waals surface area contributed by atoms with Gasteiger partial charge in [0.05, 0.1) is 23.5 Å². The molecule has 12 heteroatoms. The van der Waals surface area contributed by atoms with Crippen LogP contribution in [0.15, 0.2) is 82.6 Å². The van der Waals surface area contributed by atoms with Crippen molar-refractivity contribution < 1.29 is 31.9 Å². The van der Waals surface area contributed by atoms with Crippen molar-refractivity contribution in [3.63, 3.8) is 0 Å². The number of amides is 2. The van der Waals surface area contributed by atoms with E-state index in [4.69, 9.17) is 8.92 Å². The molecule has 1 aliphatic rings. The summed E-state index contributed by atoms with van der Waals surface area (Å²) in [5, 5.41) is 10.7. The van der Waals surface area contributed by atoms with Crippen LogP contribution in [0, 0.1) is 10.1 Å². The summed E-state index contributed by atoms with van der Waals surface area (Å²) in [5.41, 5.74) is 0.460. The summed E-state index contributed by atoms with van der Waals surface area (Å²) in [6.07, 6.45) is 1.43. The first-order chi connectivity index (χ1) is 17.2. The van der Waals surface area contributed by atoms with E-state index in [9.17, 15) is 28.1 Å². The van der Waals surface area contributed by atoms with Crippen molar-refractivity contribution >= 4 is 44.8 Å². The smallest absolute Gasteiger partial charge is 0.339 e. The minimum Gasteiger partial charge on any atom is -0.497 e. The van der Waals surface area contributed by atoms with Crippen molar-refractivity contribution in [2.45, 2.75) is 11.4 Å². The zero-order valence-corrected chi connectivity index (χ0v) is 20.3. The van der Waals surface area contributed by atoms with Gasteiger partial charge < -0.3 is 8.92 Å². The Morgan fingerprint density at radius 1 is 1.00 bits per heavy atom. The van der Waals surface area contributed by atoms with Crippen LogP contribution in [0.2, 0.25) is 0 Å². The molecule has 0 aromatic heterocycles. The molecule has 0 N–H and O–H groups in total. The first kappa shape index (κ1) is 24.9. The average Bonchev–Trinajstić information content (AvgIpc) is 3.11. The number of nitro groups is 1. The van der Waals surface area contributed by atoms with E-state index >= 15 is 0 Å². The van der Waals surface area contributed by atoms with Crippen LogP contribution in [0.25, 0.3) is 6.08 Å². The van der Waals surface area contributed by atoms with Gasteiger partial charge in [-0.25, -0.2) is 0 Å². The van der Waals surface area contributed by atoms with Crippen LogP contribution < -0.4 is 8.92 Å². The molecule has 0 atom stereocenters. The quantitative estimate of drug-likeness (QED) is 0.179. The molecule has 0 bridgehead atoms. The minimum absolute atomic E-state index is 0.0127. The first-order valence-electron chi connectivity index (χ1n) is 10.3.